The van der Waals surface area contributed by atoms with Gasteiger partial charge in [-0.1, -0.05) is 95.1 Å². The number of aryl methyl sites for hydroxylation is 7. The third-order valence-corrected chi connectivity index (χ3v) is 16.7. The van der Waals surface area contributed by atoms with E-state index in [-0.39, 0.29) is 45.1 Å². The Hall–Kier alpha value is -14.9. The van der Waals surface area contributed by atoms with Crippen LogP contribution in [-0.4, -0.2) is 102 Å². The maximum absolute atomic E-state index is 14.8. The number of nitrogens with two attached hydrogens (primary N) is 4. The maximum atomic E-state index is 14.8. The number of fused-ring (bicyclic) bond motifs is 1. The van der Waals surface area contributed by atoms with Crippen molar-refractivity contribution >= 4 is 81.6 Å². The predicted octanol–water partition coefficient (Wildman–Crippen LogP) is 14.2. The van der Waals surface area contributed by atoms with Crippen LogP contribution >= 0.6 is 0 Å². The number of rotatable bonds is 17. The molecule has 0 saturated carbocycles. The number of para-hydroxylation sites is 1. The number of halogens is 8. The first-order valence-electron chi connectivity index (χ1n) is 34.2. The first kappa shape index (κ1) is 80.2. The predicted molar refractivity (Wildman–Crippen MR) is 415 cm³/mol. The van der Waals surface area contributed by atoms with Gasteiger partial charge in [-0.15, -0.1) is 20.4 Å². The number of pyridine rings is 2. The highest BCUT2D eigenvalue weighted by atomic mass is 19.4. The molecule has 0 aliphatic rings. The molecule has 7 heterocycles. The molecule has 8 N–H and O–H groups in total. The summed E-state index contributed by atoms with van der Waals surface area (Å²) in [5.41, 5.74) is 32.0. The average Bonchev–Trinajstić information content (AvgIpc) is 1.49. The van der Waals surface area contributed by atoms with Crippen molar-refractivity contribution in [2.75, 3.05) is 0 Å². The van der Waals surface area contributed by atoms with Crippen LogP contribution in [-0.2, 0) is 38.6 Å². The van der Waals surface area contributed by atoms with E-state index in [9.17, 15) is 54.3 Å². The van der Waals surface area contributed by atoms with Crippen LogP contribution in [0.1, 0.15) is 66.8 Å². The summed E-state index contributed by atoms with van der Waals surface area (Å²) in [5.74, 6) is -2.68. The molecular weight excluding hydrogens is 1480 g/mol. The zero-order valence-corrected chi connectivity index (χ0v) is 61.6. The van der Waals surface area contributed by atoms with Gasteiger partial charge in [0.1, 0.15) is 36.9 Å². The topological polar surface area (TPSA) is 339 Å². The van der Waals surface area contributed by atoms with Gasteiger partial charge in [-0.05, 0) is 149 Å². The van der Waals surface area contributed by atoms with Crippen LogP contribution in [0, 0.1) is 53.2 Å². The summed E-state index contributed by atoms with van der Waals surface area (Å²) in [4.78, 5) is 72.4. The van der Waals surface area contributed by atoms with Crippen molar-refractivity contribution in [3.8, 4) is 56.7 Å². The first-order valence-corrected chi connectivity index (χ1v) is 34.2. The highest BCUT2D eigenvalue weighted by molar-refractivity contribution is 6.24. The molecule has 4 amide bonds. The second-order valence-electron chi connectivity index (χ2n) is 26.0. The Morgan fingerprint density at radius 3 is 1.16 bits per heavy atom. The molecule has 0 bridgehead atoms. The van der Waals surface area contributed by atoms with E-state index in [2.05, 4.69) is 67.5 Å². The number of hydrogen-bond donors (Lipinski definition) is 4. The second-order valence-corrected chi connectivity index (χ2v) is 26.0. The first-order chi connectivity index (χ1) is 54.2. The number of alkyl halides is 6. The summed E-state index contributed by atoms with van der Waals surface area (Å²) in [5, 5.41) is 22.0. The van der Waals surface area contributed by atoms with Crippen molar-refractivity contribution in [3.05, 3.63) is 292 Å². The van der Waals surface area contributed by atoms with Gasteiger partial charge in [0.15, 0.2) is 23.3 Å². The molecular formula is C82H68F8N20O4. The standard InChI is InChI=1S/C25H21FN4O.C22H19N5O.C18H13F4N5O.C17H15F3N6O/c1-16-10-17(2)12-20(11-16)25-28-15-30(29-25)14-22(24(27)31)19-8-9-21(23(26)13-19)18-6-4-3-5-7-18;1-14-7-15(2)9-17(8-14)22-25-13-27(26-22)12-19(21(23)28)18-10-16-5-3-4-6-20(16)24-11-18;1-10-2-11(4-13(3-10)18(20,21)22)17-25-9-27(26-17)8-15(16(23)28)12-5-14(19)7-24-6-12;1-10-3-11(5-13(4-10)17(18,19)20)16-22-9-26(24-16)8-14(15(21)27)12-6-23-25(2)7-12/h3-15H,1-2H3,(H2,27,31);3-13H,1-2H3,(H2,23,28);2-9H,1H3,(H2,23,28);3-9H,1-2H3,(H2,21,27)/b22-14+;19-12+;15-8+;14-8+. The fourth-order valence-electron chi connectivity index (χ4n) is 11.8. The third kappa shape index (κ3) is 20.5. The van der Waals surface area contributed by atoms with Crippen molar-refractivity contribution < 1.29 is 54.3 Å². The molecule has 24 nitrogen and oxygen atoms in total. The molecule has 0 unspecified atom stereocenters. The quantitative estimate of drug-likeness (QED) is 0.0486. The number of primary amides is 4. The van der Waals surface area contributed by atoms with Gasteiger partial charge in [-0.3, -0.25) is 33.8 Å². The monoisotopic (exact) mass is 1550 g/mol. The summed E-state index contributed by atoms with van der Waals surface area (Å²) in [7, 11) is 1.69. The van der Waals surface area contributed by atoms with E-state index in [1.54, 1.807) is 57.1 Å². The Kier molecular flexibility index (Phi) is 24.2. The lowest BCUT2D eigenvalue weighted by molar-refractivity contribution is -0.138. The van der Waals surface area contributed by atoms with Gasteiger partial charge in [0, 0.05) is 100 Å². The van der Waals surface area contributed by atoms with Crippen LogP contribution in [0.4, 0.5) is 35.1 Å². The molecule has 7 aromatic carbocycles. The number of carbonyl (C=O) groups excluding carboxylic acids is 4. The van der Waals surface area contributed by atoms with Gasteiger partial charge < -0.3 is 22.9 Å². The Balaban J connectivity index is 0.000000150. The summed E-state index contributed by atoms with van der Waals surface area (Å²) >= 11 is 0. The summed E-state index contributed by atoms with van der Waals surface area (Å²) < 4.78 is 113. The molecule has 0 fully saturated rings. The average molecular weight is 1550 g/mol. The Bertz CT molecular complexity index is 6050. The minimum absolute atomic E-state index is 0.0200. The number of hydrogen-bond acceptors (Lipinski definition) is 15. The van der Waals surface area contributed by atoms with E-state index in [0.717, 1.165) is 91.1 Å². The van der Waals surface area contributed by atoms with E-state index in [4.69, 9.17) is 22.9 Å². The summed E-state index contributed by atoms with van der Waals surface area (Å²) in [6.45, 7) is 11.2. The fourth-order valence-corrected chi connectivity index (χ4v) is 11.8. The van der Waals surface area contributed by atoms with Crippen molar-refractivity contribution in [3.63, 3.8) is 0 Å². The number of carbonyl (C=O) groups is 4. The molecule has 14 aromatic rings. The van der Waals surface area contributed by atoms with Gasteiger partial charge in [-0.2, -0.15) is 31.4 Å². The van der Waals surface area contributed by atoms with Crippen molar-refractivity contribution in [1.82, 2.24) is 78.8 Å². The molecule has 0 saturated heterocycles. The van der Waals surface area contributed by atoms with E-state index >= 15 is 0 Å². The lowest BCUT2D eigenvalue weighted by Crippen LogP contribution is -2.14. The van der Waals surface area contributed by atoms with E-state index in [0.29, 0.717) is 50.6 Å². The largest absolute Gasteiger partial charge is 0.416 e. The van der Waals surface area contributed by atoms with Crippen LogP contribution in [0.5, 0.6) is 0 Å². The lowest BCUT2D eigenvalue weighted by Gasteiger charge is -2.09. The SMILES string of the molecule is Cc1cc(-c2ncn(/C=C(/C(N)=O)c3cncc(F)c3)n2)cc(C(F)(F)F)c1.Cc1cc(-c2ncn(/C=C(/C(N)=O)c3cnn(C)c3)n2)cc(C(F)(F)F)c1.Cc1cc(C)cc(-c2ncn(/C=C(/C(N)=O)c3ccc(-c4ccccc4)c(F)c3)n2)c1.Cc1cc(C)cc(-c2ncn(/C=C(/C(N)=O)c3cnc4ccccc4c3)n2)c1. The molecule has 576 valence electrons. The van der Waals surface area contributed by atoms with Crippen LogP contribution in [0.3, 0.4) is 0 Å². The highest BCUT2D eigenvalue weighted by Crippen LogP contribution is 2.35. The van der Waals surface area contributed by atoms with Crippen molar-refractivity contribution in [2.24, 2.45) is 30.0 Å². The van der Waals surface area contributed by atoms with Crippen molar-refractivity contribution in [1.29, 1.82) is 0 Å². The van der Waals surface area contributed by atoms with Crippen molar-refractivity contribution in [2.45, 2.75) is 53.9 Å². The summed E-state index contributed by atoms with van der Waals surface area (Å²) in [6.07, 6.45) is 9.03. The molecule has 114 heavy (non-hydrogen) atoms. The van der Waals surface area contributed by atoms with E-state index < -0.39 is 58.7 Å². The molecule has 14 rings (SSSR count). The zero-order valence-electron chi connectivity index (χ0n) is 61.6. The second kappa shape index (κ2) is 34.4. The fraction of sp³-hybridized carbons (Fsp3) is 0.110. The zero-order chi connectivity index (χ0) is 81.9. The Morgan fingerprint density at radius 1 is 0.377 bits per heavy atom. The highest BCUT2D eigenvalue weighted by Gasteiger charge is 2.33. The van der Waals surface area contributed by atoms with Crippen LogP contribution in [0.15, 0.2) is 214 Å². The minimum atomic E-state index is -4.51. The van der Waals surface area contributed by atoms with Crippen LogP contribution in [0.25, 0.3) is 115 Å². The molecule has 0 spiro atoms. The van der Waals surface area contributed by atoms with Gasteiger partial charge in [0.05, 0.1) is 51.3 Å². The number of nitrogens with zero attached hydrogens (tertiary/aromatic N) is 16. The lowest BCUT2D eigenvalue weighted by atomic mass is 10.00. The maximum Gasteiger partial charge on any atom is 0.416 e. The molecule has 0 aliphatic carbocycles. The smallest absolute Gasteiger partial charge is 0.366 e. The normalized spacial score (nSPS) is 12.0. The number of aromatic nitrogens is 16. The van der Waals surface area contributed by atoms with Crippen LogP contribution < -0.4 is 22.9 Å². The van der Waals surface area contributed by atoms with E-state index in [1.165, 1.54) is 87.8 Å². The van der Waals surface area contributed by atoms with E-state index in [1.807, 2.05) is 113 Å². The molecule has 7 aromatic heterocycles. The Labute approximate surface area is 644 Å². The third-order valence-electron chi connectivity index (χ3n) is 16.7. The van der Waals surface area contributed by atoms with Gasteiger partial charge in [0.25, 0.3) is 23.6 Å². The molecule has 0 aliphatic heterocycles. The molecule has 0 atom stereocenters. The Morgan fingerprint density at radius 2 is 0.763 bits per heavy atom. The van der Waals surface area contributed by atoms with Gasteiger partial charge in [-0.25, -0.2) is 47.4 Å². The molecule has 0 radical (unpaired) electrons. The van der Waals surface area contributed by atoms with Gasteiger partial charge >= 0.3 is 12.4 Å². The summed E-state index contributed by atoms with van der Waals surface area (Å²) in [6, 6.07) is 43.7. The molecule has 32 heteroatoms. The van der Waals surface area contributed by atoms with Crippen LogP contribution in [0.2, 0.25) is 0 Å². The number of amides is 4. The number of benzene rings is 7. The van der Waals surface area contributed by atoms with Gasteiger partial charge in [0.2, 0.25) is 0 Å². The minimum Gasteiger partial charge on any atom is -0.366 e.